The average molecular weight is 472 g/mol. The number of ketones is 1. The molecule has 0 heterocycles. The number of aryl methyl sites for hydroxylation is 1. The fourth-order valence-corrected chi connectivity index (χ4v) is 5.42. The lowest BCUT2D eigenvalue weighted by Crippen LogP contribution is -2.05. The number of hydrogen-bond acceptors (Lipinski definition) is 5. The normalized spacial score (nSPS) is 11.4. The summed E-state index contributed by atoms with van der Waals surface area (Å²) in [6, 6.07) is 20.2. The SMILES string of the molecule is CCOP(=O)(Cc1ccccc1Nc1ccc(C(=O)c2ccccc2C)c(Cl)c1)OCC. The van der Waals surface area contributed by atoms with Crippen LogP contribution in [0.2, 0.25) is 5.02 Å². The number of hydrogen-bond donors (Lipinski definition) is 1. The van der Waals surface area contributed by atoms with Crippen molar-refractivity contribution in [2.24, 2.45) is 0 Å². The molecule has 0 saturated heterocycles. The number of halogens is 1. The molecule has 5 nitrogen and oxygen atoms in total. The summed E-state index contributed by atoms with van der Waals surface area (Å²) in [4.78, 5) is 12.9. The molecule has 0 aliphatic rings. The highest BCUT2D eigenvalue weighted by Gasteiger charge is 2.25. The van der Waals surface area contributed by atoms with Crippen LogP contribution in [0.15, 0.2) is 66.7 Å². The number of benzene rings is 3. The van der Waals surface area contributed by atoms with Gasteiger partial charge in [0.15, 0.2) is 5.78 Å². The van der Waals surface area contributed by atoms with Crippen molar-refractivity contribution >= 4 is 36.4 Å². The zero-order valence-electron chi connectivity index (χ0n) is 18.4. The lowest BCUT2D eigenvalue weighted by molar-refractivity contribution is 0.103. The zero-order valence-corrected chi connectivity index (χ0v) is 20.1. The molecule has 0 unspecified atom stereocenters. The molecule has 0 aromatic heterocycles. The molecule has 3 aromatic carbocycles. The number of para-hydroxylation sites is 1. The molecular weight excluding hydrogens is 445 g/mol. The number of anilines is 2. The summed E-state index contributed by atoms with van der Waals surface area (Å²) in [6.45, 7) is 6.09. The second kappa shape index (κ2) is 10.9. The molecular formula is C25H27ClNO4P. The van der Waals surface area contributed by atoms with Gasteiger partial charge in [0.1, 0.15) is 0 Å². The first-order chi connectivity index (χ1) is 15.4. The molecule has 0 fully saturated rings. The minimum atomic E-state index is -3.25. The first-order valence-electron chi connectivity index (χ1n) is 10.5. The van der Waals surface area contributed by atoms with Crippen LogP contribution in [0.3, 0.4) is 0 Å². The summed E-state index contributed by atoms with van der Waals surface area (Å²) in [7, 11) is -3.25. The van der Waals surface area contributed by atoms with Gasteiger partial charge >= 0.3 is 7.60 Å². The van der Waals surface area contributed by atoms with Crippen LogP contribution >= 0.6 is 19.2 Å². The lowest BCUT2D eigenvalue weighted by Gasteiger charge is -2.19. The van der Waals surface area contributed by atoms with Crippen LogP contribution in [0.1, 0.15) is 40.9 Å². The van der Waals surface area contributed by atoms with Crippen LogP contribution < -0.4 is 5.32 Å². The fourth-order valence-electron chi connectivity index (χ4n) is 3.42. The Morgan fingerprint density at radius 2 is 1.59 bits per heavy atom. The van der Waals surface area contributed by atoms with Crippen molar-refractivity contribution in [2.45, 2.75) is 26.9 Å². The van der Waals surface area contributed by atoms with Gasteiger partial charge in [0.05, 0.1) is 24.4 Å². The van der Waals surface area contributed by atoms with Gasteiger partial charge < -0.3 is 14.4 Å². The van der Waals surface area contributed by atoms with E-state index in [1.54, 1.807) is 38.1 Å². The number of carbonyl (C=O) groups is 1. The summed E-state index contributed by atoms with van der Waals surface area (Å²) in [5.41, 5.74) is 4.25. The van der Waals surface area contributed by atoms with Crippen LogP contribution in [0.4, 0.5) is 11.4 Å². The zero-order chi connectivity index (χ0) is 23.1. The number of carbonyl (C=O) groups excluding carboxylic acids is 1. The first kappa shape index (κ1) is 24.2. The predicted molar refractivity (Wildman–Crippen MR) is 130 cm³/mol. The van der Waals surface area contributed by atoms with E-state index in [1.807, 2.05) is 49.4 Å². The third-order valence-electron chi connectivity index (χ3n) is 4.92. The average Bonchev–Trinajstić information content (AvgIpc) is 2.75. The molecule has 0 aliphatic heterocycles. The molecule has 168 valence electrons. The van der Waals surface area contributed by atoms with Gasteiger partial charge in [-0.3, -0.25) is 9.36 Å². The lowest BCUT2D eigenvalue weighted by atomic mass is 9.99. The molecule has 32 heavy (non-hydrogen) atoms. The Bertz CT molecular complexity index is 1140. The molecule has 0 aliphatic carbocycles. The van der Waals surface area contributed by atoms with Crippen molar-refractivity contribution in [3.05, 3.63) is 94.0 Å². The van der Waals surface area contributed by atoms with Gasteiger partial charge in [-0.1, -0.05) is 54.1 Å². The Morgan fingerprint density at radius 3 is 2.25 bits per heavy atom. The summed E-state index contributed by atoms with van der Waals surface area (Å²) in [5.74, 6) is -0.116. The molecule has 0 radical (unpaired) electrons. The molecule has 0 atom stereocenters. The van der Waals surface area contributed by atoms with Crippen LogP contribution in [-0.2, 0) is 19.8 Å². The van der Waals surface area contributed by atoms with E-state index in [1.165, 1.54) is 0 Å². The highest BCUT2D eigenvalue weighted by Crippen LogP contribution is 2.52. The van der Waals surface area contributed by atoms with E-state index in [2.05, 4.69) is 5.32 Å². The molecule has 7 heteroatoms. The van der Waals surface area contributed by atoms with Gasteiger partial charge in [0, 0.05) is 22.5 Å². The third kappa shape index (κ3) is 5.87. The standard InChI is InChI=1S/C25H27ClNO4P/c1-4-30-32(29,31-5-2)17-19-11-7-9-13-24(19)27-20-14-15-22(23(26)16-20)25(28)21-12-8-6-10-18(21)3/h6-16,27H,4-5,17H2,1-3H3. The maximum atomic E-state index is 13.0. The minimum Gasteiger partial charge on any atom is -0.355 e. The highest BCUT2D eigenvalue weighted by atomic mass is 35.5. The Kier molecular flexibility index (Phi) is 8.27. The third-order valence-corrected chi connectivity index (χ3v) is 7.26. The molecule has 3 rings (SSSR count). The monoisotopic (exact) mass is 471 g/mol. The number of rotatable bonds is 10. The fraction of sp³-hybridized carbons (Fsp3) is 0.240. The van der Waals surface area contributed by atoms with Crippen molar-refractivity contribution in [3.8, 4) is 0 Å². The molecule has 1 N–H and O–H groups in total. The summed E-state index contributed by atoms with van der Waals surface area (Å²) in [6.07, 6.45) is 0.148. The van der Waals surface area contributed by atoms with Gasteiger partial charge in [0.25, 0.3) is 0 Å². The second-order valence-electron chi connectivity index (χ2n) is 7.23. The highest BCUT2D eigenvalue weighted by molar-refractivity contribution is 7.53. The van der Waals surface area contributed by atoms with Gasteiger partial charge in [-0.2, -0.15) is 0 Å². The van der Waals surface area contributed by atoms with Crippen molar-refractivity contribution in [1.82, 2.24) is 0 Å². The Balaban J connectivity index is 1.85. The maximum Gasteiger partial charge on any atom is 0.335 e. The van der Waals surface area contributed by atoms with E-state index in [0.29, 0.717) is 35.1 Å². The summed E-state index contributed by atoms with van der Waals surface area (Å²) < 4.78 is 23.9. The quantitative estimate of drug-likeness (QED) is 0.246. The molecule has 0 bridgehead atoms. The van der Waals surface area contributed by atoms with Crippen LogP contribution in [0, 0.1) is 6.92 Å². The van der Waals surface area contributed by atoms with Gasteiger partial charge in [0.2, 0.25) is 0 Å². The van der Waals surface area contributed by atoms with E-state index in [0.717, 1.165) is 16.8 Å². The van der Waals surface area contributed by atoms with Crippen LogP contribution in [-0.4, -0.2) is 19.0 Å². The molecule has 0 spiro atoms. The van der Waals surface area contributed by atoms with E-state index < -0.39 is 7.60 Å². The largest absolute Gasteiger partial charge is 0.355 e. The predicted octanol–water partition coefficient (Wildman–Crippen LogP) is 7.39. The van der Waals surface area contributed by atoms with Crippen molar-refractivity contribution in [1.29, 1.82) is 0 Å². The molecule has 3 aromatic rings. The Labute approximate surface area is 194 Å². The van der Waals surface area contributed by atoms with Gasteiger partial charge in [-0.05, 0) is 56.2 Å². The second-order valence-corrected chi connectivity index (χ2v) is 9.69. The van der Waals surface area contributed by atoms with Crippen molar-refractivity contribution in [2.75, 3.05) is 18.5 Å². The first-order valence-corrected chi connectivity index (χ1v) is 12.6. The summed E-state index contributed by atoms with van der Waals surface area (Å²) in [5, 5.41) is 3.67. The van der Waals surface area contributed by atoms with E-state index in [4.69, 9.17) is 20.6 Å². The van der Waals surface area contributed by atoms with E-state index in [9.17, 15) is 9.36 Å². The topological polar surface area (TPSA) is 64.6 Å². The molecule has 0 amide bonds. The van der Waals surface area contributed by atoms with Gasteiger partial charge in [-0.25, -0.2) is 0 Å². The maximum absolute atomic E-state index is 13.0. The van der Waals surface area contributed by atoms with Crippen molar-refractivity contribution < 1.29 is 18.4 Å². The van der Waals surface area contributed by atoms with Crippen molar-refractivity contribution in [3.63, 3.8) is 0 Å². The van der Waals surface area contributed by atoms with E-state index in [-0.39, 0.29) is 11.9 Å². The Hall–Kier alpha value is -2.43. The smallest absolute Gasteiger partial charge is 0.335 e. The van der Waals surface area contributed by atoms with E-state index >= 15 is 0 Å². The van der Waals surface area contributed by atoms with Crippen LogP contribution in [0.25, 0.3) is 0 Å². The Morgan fingerprint density at radius 1 is 0.938 bits per heavy atom. The molecule has 0 saturated carbocycles. The van der Waals surface area contributed by atoms with Gasteiger partial charge in [-0.15, -0.1) is 0 Å². The number of nitrogens with one attached hydrogen (secondary N) is 1. The minimum absolute atomic E-state index is 0.116. The van der Waals surface area contributed by atoms with Crippen LogP contribution in [0.5, 0.6) is 0 Å². The summed E-state index contributed by atoms with van der Waals surface area (Å²) >= 11 is 6.48.